The average molecular weight is 976 g/mol. The third kappa shape index (κ3) is 17.8. The summed E-state index contributed by atoms with van der Waals surface area (Å²) in [5.41, 5.74) is 8.27. The lowest BCUT2D eigenvalue weighted by Gasteiger charge is -2.12. The van der Waals surface area contributed by atoms with Gasteiger partial charge in [0.15, 0.2) is 24.8 Å². The Morgan fingerprint density at radius 1 is 0.538 bits per heavy atom. The van der Waals surface area contributed by atoms with Crippen molar-refractivity contribution >= 4 is 87.5 Å². The van der Waals surface area contributed by atoms with Crippen LogP contribution in [0.2, 0.25) is 20.1 Å². The Balaban J connectivity index is 1.29. The number of allylic oxidation sites excluding steroid dienone is 2. The zero-order chi connectivity index (χ0) is 48.1. The van der Waals surface area contributed by atoms with Gasteiger partial charge in [0.2, 0.25) is 17.7 Å². The molecular weight excluding hydrogens is 920 g/mol. The van der Waals surface area contributed by atoms with Crippen molar-refractivity contribution in [2.24, 2.45) is 5.73 Å². The molecule has 0 aliphatic rings. The fraction of sp³-hybridized carbons (Fsp3) is 0.383. The number of nitrogens with two attached hydrogens (primary N) is 1. The molecule has 3 aromatic rings. The molecule has 0 saturated heterocycles. The normalized spacial score (nSPS) is 10.7. The van der Waals surface area contributed by atoms with Crippen molar-refractivity contribution in [3.05, 3.63) is 115 Å². The first-order chi connectivity index (χ1) is 31.0. The molecule has 0 aliphatic heterocycles. The third-order valence-corrected chi connectivity index (χ3v) is 11.6. The van der Waals surface area contributed by atoms with Crippen LogP contribution in [-0.4, -0.2) is 67.4 Å². The highest BCUT2D eigenvalue weighted by atomic mass is 35.5. The minimum absolute atomic E-state index is 0.0265. The van der Waals surface area contributed by atoms with E-state index in [1.165, 1.54) is 24.3 Å². The molecule has 0 spiro atoms. The standard InChI is InChI=1S/C47H55Cl4N5O9/c1-5-28(3)45(61)33-15-17-35(43(50)41(33)48)64-26-39(59)53-19-11-7-9-13-37(57)55-24-30-21-31(23-32(22-30)47(52)63)25-56-38(58)14-10-8-12-20-54-40(60)27-65-36-18-16-34(42(49)44(36)51)46(62)29(4)6-2/h15-18,21-23H,3-14,19-20,24-27H2,1-2H3,(H2,52,63)(H,53,59)(H,54,60)(H,55,57)(H,56,58). The van der Waals surface area contributed by atoms with Gasteiger partial charge in [-0.1, -0.05) is 92.3 Å². The van der Waals surface area contributed by atoms with Gasteiger partial charge >= 0.3 is 0 Å². The summed E-state index contributed by atoms with van der Waals surface area (Å²) in [4.78, 5) is 86.6. The fourth-order valence-corrected chi connectivity index (χ4v) is 6.97. The van der Waals surface area contributed by atoms with E-state index in [1.54, 1.807) is 32.0 Å². The number of ether oxygens (including phenoxy) is 2. The van der Waals surface area contributed by atoms with Crippen LogP contribution in [0.25, 0.3) is 0 Å². The van der Waals surface area contributed by atoms with Crippen LogP contribution in [0.1, 0.15) is 120 Å². The van der Waals surface area contributed by atoms with Crippen molar-refractivity contribution in [2.75, 3.05) is 26.3 Å². The van der Waals surface area contributed by atoms with Crippen LogP contribution in [0.3, 0.4) is 0 Å². The van der Waals surface area contributed by atoms with Gasteiger partial charge in [0.05, 0.1) is 10.0 Å². The summed E-state index contributed by atoms with van der Waals surface area (Å²) in [6, 6.07) is 10.9. The number of nitrogens with one attached hydrogen (secondary N) is 4. The first kappa shape index (κ1) is 53.9. The van der Waals surface area contributed by atoms with Gasteiger partial charge in [-0.15, -0.1) is 0 Å². The van der Waals surface area contributed by atoms with Gasteiger partial charge in [-0.05, 0) is 97.2 Å². The van der Waals surface area contributed by atoms with Crippen LogP contribution in [0, 0.1) is 0 Å². The molecule has 0 heterocycles. The van der Waals surface area contributed by atoms with E-state index in [0.29, 0.717) is 86.7 Å². The van der Waals surface area contributed by atoms with Crippen molar-refractivity contribution in [3.63, 3.8) is 0 Å². The second-order valence-corrected chi connectivity index (χ2v) is 16.4. The number of benzene rings is 3. The first-order valence-electron chi connectivity index (χ1n) is 21.1. The highest BCUT2D eigenvalue weighted by Crippen LogP contribution is 2.37. The Kier molecular flexibility index (Phi) is 23.1. The molecule has 350 valence electrons. The lowest BCUT2D eigenvalue weighted by Crippen LogP contribution is -2.29. The van der Waals surface area contributed by atoms with Gasteiger partial charge < -0.3 is 36.5 Å². The average Bonchev–Trinajstić information content (AvgIpc) is 3.29. The third-order valence-electron chi connectivity index (χ3n) is 9.92. The number of primary amides is 1. The SMILES string of the molecule is C=C(CC)C(=O)c1ccc(OCC(=O)NCCCCCC(=O)NCc2cc(CNC(=O)CCCCCNC(=O)COc3ccc(C(=O)C(=C)CC)c(Cl)c3Cl)cc(C(N)=O)c2)c(Cl)c1Cl. The second-order valence-electron chi connectivity index (χ2n) is 14.9. The lowest BCUT2D eigenvalue weighted by molar-refractivity contribution is -0.123. The quantitative estimate of drug-likeness (QED) is 0.0256. The van der Waals surface area contributed by atoms with Crippen LogP contribution in [0.5, 0.6) is 11.5 Å². The molecule has 0 aromatic heterocycles. The lowest BCUT2D eigenvalue weighted by atomic mass is 10.0. The molecule has 0 unspecified atom stereocenters. The Hall–Kier alpha value is -5.41. The molecule has 0 atom stereocenters. The molecule has 6 N–H and O–H groups in total. The molecule has 3 rings (SSSR count). The zero-order valence-electron chi connectivity index (χ0n) is 36.5. The van der Waals surface area contributed by atoms with E-state index in [9.17, 15) is 33.6 Å². The highest BCUT2D eigenvalue weighted by Gasteiger charge is 2.20. The van der Waals surface area contributed by atoms with Crippen LogP contribution < -0.4 is 36.5 Å². The number of ketones is 2. The Labute approximate surface area is 399 Å². The molecule has 0 aliphatic carbocycles. The molecule has 65 heavy (non-hydrogen) atoms. The van der Waals surface area contributed by atoms with Crippen molar-refractivity contribution in [1.29, 1.82) is 0 Å². The van der Waals surface area contributed by atoms with Gasteiger partial charge in [-0.2, -0.15) is 0 Å². The number of carbonyl (C=O) groups excluding carboxylic acids is 7. The summed E-state index contributed by atoms with van der Waals surface area (Å²) in [5, 5.41) is 11.3. The maximum atomic E-state index is 12.6. The summed E-state index contributed by atoms with van der Waals surface area (Å²) in [6.07, 6.45) is 5.19. The Morgan fingerprint density at radius 3 is 1.31 bits per heavy atom. The number of rotatable bonds is 29. The van der Waals surface area contributed by atoms with Crippen LogP contribution in [0.4, 0.5) is 0 Å². The molecule has 14 nitrogen and oxygen atoms in total. The summed E-state index contributed by atoms with van der Waals surface area (Å²) in [5.74, 6) is -2.07. The minimum atomic E-state index is -0.647. The largest absolute Gasteiger partial charge is 0.482 e. The number of unbranched alkanes of at least 4 members (excludes halogenated alkanes) is 4. The van der Waals surface area contributed by atoms with E-state index in [1.807, 2.05) is 0 Å². The molecule has 0 saturated carbocycles. The van der Waals surface area contributed by atoms with Crippen molar-refractivity contribution in [2.45, 2.75) is 91.1 Å². The van der Waals surface area contributed by atoms with Crippen LogP contribution in [-0.2, 0) is 32.3 Å². The first-order valence-corrected chi connectivity index (χ1v) is 22.6. The second kappa shape index (κ2) is 27.8. The van der Waals surface area contributed by atoms with Crippen molar-refractivity contribution in [1.82, 2.24) is 21.3 Å². The zero-order valence-corrected chi connectivity index (χ0v) is 39.6. The fourth-order valence-electron chi connectivity index (χ4n) is 6.05. The topological polar surface area (TPSA) is 212 Å². The number of hydrogen-bond acceptors (Lipinski definition) is 9. The molecule has 0 bridgehead atoms. The van der Waals surface area contributed by atoms with Gasteiger partial charge in [-0.3, -0.25) is 33.6 Å². The number of amides is 5. The monoisotopic (exact) mass is 973 g/mol. The van der Waals surface area contributed by atoms with E-state index in [0.717, 1.165) is 0 Å². The molecule has 0 radical (unpaired) electrons. The number of hydrogen-bond donors (Lipinski definition) is 5. The van der Waals surface area contributed by atoms with E-state index in [-0.39, 0.29) is 123 Å². The van der Waals surface area contributed by atoms with Gasteiger partial charge in [0.1, 0.15) is 21.5 Å². The van der Waals surface area contributed by atoms with Gasteiger partial charge in [0.25, 0.3) is 11.8 Å². The number of carbonyl (C=O) groups is 7. The predicted octanol–water partition coefficient (Wildman–Crippen LogP) is 8.44. The minimum Gasteiger partial charge on any atom is -0.482 e. The number of Topliss-reactive ketones (excluding diaryl/α,β-unsaturated/α-hetero) is 2. The highest BCUT2D eigenvalue weighted by molar-refractivity contribution is 6.46. The molecule has 5 amide bonds. The van der Waals surface area contributed by atoms with Crippen LogP contribution in [0.15, 0.2) is 66.8 Å². The molecule has 3 aromatic carbocycles. The summed E-state index contributed by atoms with van der Waals surface area (Å²) in [7, 11) is 0. The van der Waals surface area contributed by atoms with Gasteiger partial charge in [-0.25, -0.2) is 0 Å². The molecule has 0 fully saturated rings. The van der Waals surface area contributed by atoms with Crippen LogP contribution >= 0.6 is 46.4 Å². The Morgan fingerprint density at radius 2 is 0.938 bits per heavy atom. The van der Waals surface area contributed by atoms with Crippen molar-refractivity contribution < 1.29 is 43.0 Å². The van der Waals surface area contributed by atoms with Gasteiger partial charge in [0, 0.05) is 55.7 Å². The van der Waals surface area contributed by atoms with E-state index in [2.05, 4.69) is 34.4 Å². The van der Waals surface area contributed by atoms with E-state index >= 15 is 0 Å². The smallest absolute Gasteiger partial charge is 0.257 e. The predicted molar refractivity (Wildman–Crippen MR) is 253 cm³/mol. The van der Waals surface area contributed by atoms with Crippen molar-refractivity contribution in [3.8, 4) is 11.5 Å². The number of halogens is 4. The van der Waals surface area contributed by atoms with E-state index in [4.69, 9.17) is 61.6 Å². The summed E-state index contributed by atoms with van der Waals surface area (Å²) >= 11 is 25.1. The molecule has 18 heteroatoms. The summed E-state index contributed by atoms with van der Waals surface area (Å²) in [6.45, 7) is 11.5. The molecular formula is C47H55Cl4N5O9. The summed E-state index contributed by atoms with van der Waals surface area (Å²) < 4.78 is 11.0. The maximum absolute atomic E-state index is 12.6. The Bertz CT molecular complexity index is 2120. The maximum Gasteiger partial charge on any atom is 0.257 e. The van der Waals surface area contributed by atoms with E-state index < -0.39 is 5.91 Å².